The molecule has 0 aliphatic heterocycles. The van der Waals surface area contributed by atoms with Gasteiger partial charge in [0, 0.05) is 24.1 Å². The van der Waals surface area contributed by atoms with Crippen molar-refractivity contribution in [2.24, 2.45) is 5.73 Å². The molecule has 6 nitrogen and oxygen atoms in total. The molecule has 0 spiro atoms. The predicted octanol–water partition coefficient (Wildman–Crippen LogP) is 4.28. The molecular weight excluding hydrogens is 408 g/mol. The van der Waals surface area contributed by atoms with E-state index >= 15 is 0 Å². The Morgan fingerprint density at radius 1 is 0.903 bits per heavy atom. The molecule has 0 saturated heterocycles. The number of amides is 1. The fourth-order valence-corrected chi connectivity index (χ4v) is 4.46. The fourth-order valence-electron chi connectivity index (χ4n) is 3.53. The van der Waals surface area contributed by atoms with Gasteiger partial charge >= 0.3 is 0 Å². The zero-order valence-corrected chi connectivity index (χ0v) is 18.0. The number of fused-ring (bicyclic) bond motifs is 2. The molecule has 4 rings (SSSR count). The highest BCUT2D eigenvalue weighted by molar-refractivity contribution is 7.98. The van der Waals surface area contributed by atoms with Gasteiger partial charge in [0.1, 0.15) is 0 Å². The van der Waals surface area contributed by atoms with Crippen LogP contribution in [0.1, 0.15) is 31.4 Å². The largest absolute Gasteiger partial charge is 0.370 e. The van der Waals surface area contributed by atoms with E-state index in [4.69, 9.17) is 15.7 Å². The van der Waals surface area contributed by atoms with E-state index in [1.807, 2.05) is 54.6 Å². The van der Waals surface area contributed by atoms with Gasteiger partial charge in [0.2, 0.25) is 5.91 Å². The lowest BCUT2D eigenvalue weighted by molar-refractivity contribution is -0.118. The second-order valence-corrected chi connectivity index (χ2v) is 8.37. The third kappa shape index (κ3) is 5.11. The molecule has 31 heavy (non-hydrogen) atoms. The lowest BCUT2D eigenvalue weighted by Gasteiger charge is -2.13. The van der Waals surface area contributed by atoms with E-state index in [1.165, 1.54) is 11.8 Å². The number of hydrogen-bond donors (Lipinski definition) is 1. The molecule has 2 N–H and O–H groups in total. The molecule has 0 saturated carbocycles. The summed E-state index contributed by atoms with van der Waals surface area (Å²) in [6, 6.07) is 19.5. The normalized spacial score (nSPS) is 11.2. The summed E-state index contributed by atoms with van der Waals surface area (Å²) in [7, 11) is 0. The van der Waals surface area contributed by atoms with Crippen molar-refractivity contribution in [1.82, 2.24) is 14.5 Å². The summed E-state index contributed by atoms with van der Waals surface area (Å²) in [5.74, 6) is 0.334. The Kier molecular flexibility index (Phi) is 6.62. The molecule has 2 heterocycles. The number of carbonyl (C=O) groups excluding carboxylic acids is 1. The first-order chi connectivity index (χ1) is 15.1. The monoisotopic (exact) mass is 432 g/mol. The van der Waals surface area contributed by atoms with E-state index in [1.54, 1.807) is 4.57 Å². The van der Waals surface area contributed by atoms with Crippen LogP contribution >= 0.6 is 11.8 Å². The highest BCUT2D eigenvalue weighted by Crippen LogP contribution is 2.23. The molecule has 7 heteroatoms. The molecular formula is C24H24N4O2S. The number of nitrogens with zero attached hydrogens (tertiary/aromatic N) is 3. The Labute approximate surface area is 184 Å². The number of carbonyl (C=O) groups is 1. The van der Waals surface area contributed by atoms with Crippen molar-refractivity contribution >= 4 is 39.5 Å². The maximum Gasteiger partial charge on any atom is 0.262 e. The van der Waals surface area contributed by atoms with Gasteiger partial charge in [-0.1, -0.05) is 54.6 Å². The minimum atomic E-state index is -0.288. The van der Waals surface area contributed by atoms with Crippen LogP contribution in [0.2, 0.25) is 0 Å². The highest BCUT2D eigenvalue weighted by Gasteiger charge is 2.12. The maximum atomic E-state index is 13.1. The number of aromatic nitrogens is 3. The minimum absolute atomic E-state index is 0.0329. The Bertz CT molecular complexity index is 1290. The first-order valence-corrected chi connectivity index (χ1v) is 11.4. The first-order valence-electron chi connectivity index (χ1n) is 10.4. The van der Waals surface area contributed by atoms with Crippen LogP contribution in [0.4, 0.5) is 0 Å². The van der Waals surface area contributed by atoms with Crippen LogP contribution in [-0.4, -0.2) is 20.4 Å². The van der Waals surface area contributed by atoms with Crippen molar-refractivity contribution in [3.63, 3.8) is 0 Å². The topological polar surface area (TPSA) is 90.9 Å². The molecule has 0 radical (unpaired) electrons. The van der Waals surface area contributed by atoms with E-state index in [9.17, 15) is 9.59 Å². The van der Waals surface area contributed by atoms with Crippen molar-refractivity contribution in [3.8, 4) is 0 Å². The molecule has 0 aliphatic rings. The number of unbranched alkanes of at least 4 members (excludes halogenated alkanes) is 2. The van der Waals surface area contributed by atoms with Gasteiger partial charge in [0.25, 0.3) is 5.56 Å². The second-order valence-electron chi connectivity index (χ2n) is 7.43. The molecule has 0 unspecified atom stereocenters. The summed E-state index contributed by atoms with van der Waals surface area (Å²) < 4.78 is 1.75. The van der Waals surface area contributed by atoms with Gasteiger partial charge < -0.3 is 5.73 Å². The Balaban J connectivity index is 1.56. The number of thioether (sulfide) groups is 1. The molecule has 1 amide bonds. The first kappa shape index (κ1) is 21.1. The van der Waals surface area contributed by atoms with Crippen LogP contribution in [0.25, 0.3) is 21.8 Å². The third-order valence-electron chi connectivity index (χ3n) is 5.14. The summed E-state index contributed by atoms with van der Waals surface area (Å²) in [5, 5.41) is 2.41. The van der Waals surface area contributed by atoms with Crippen LogP contribution in [0, 0.1) is 0 Å². The summed E-state index contributed by atoms with van der Waals surface area (Å²) in [5.41, 5.74) is 7.78. The SMILES string of the molecule is NC(=O)CCCCCn1c(SCc2ccc3ccccc3n2)nc2ccccc2c1=O. The van der Waals surface area contributed by atoms with Crippen molar-refractivity contribution < 1.29 is 4.79 Å². The lowest BCUT2D eigenvalue weighted by Crippen LogP contribution is -2.23. The average Bonchev–Trinajstić information content (AvgIpc) is 2.78. The molecule has 0 aliphatic carbocycles. The standard InChI is InChI=1S/C24H24N4O2S/c25-22(29)12-2-1-7-15-28-23(30)19-9-4-6-11-21(19)27-24(28)31-16-18-14-13-17-8-3-5-10-20(17)26-18/h3-6,8-11,13-14H,1-2,7,12,15-16H2,(H2,25,29). The Morgan fingerprint density at radius 2 is 1.68 bits per heavy atom. The van der Waals surface area contributed by atoms with Gasteiger partial charge in [0.05, 0.1) is 22.1 Å². The number of primary amides is 1. The number of nitrogens with two attached hydrogens (primary N) is 1. The third-order valence-corrected chi connectivity index (χ3v) is 6.15. The van der Waals surface area contributed by atoms with Gasteiger partial charge in [-0.15, -0.1) is 0 Å². The smallest absolute Gasteiger partial charge is 0.262 e. The van der Waals surface area contributed by atoms with Crippen molar-refractivity contribution in [1.29, 1.82) is 0 Å². The van der Waals surface area contributed by atoms with Gasteiger partial charge in [-0.25, -0.2) is 4.98 Å². The summed E-state index contributed by atoms with van der Waals surface area (Å²) >= 11 is 1.52. The number of pyridine rings is 1. The minimum Gasteiger partial charge on any atom is -0.370 e. The number of benzene rings is 2. The zero-order chi connectivity index (χ0) is 21.6. The van der Waals surface area contributed by atoms with Crippen molar-refractivity contribution in [3.05, 3.63) is 76.7 Å². The lowest BCUT2D eigenvalue weighted by atomic mass is 10.2. The van der Waals surface area contributed by atoms with Crippen molar-refractivity contribution in [2.45, 2.75) is 43.1 Å². The van der Waals surface area contributed by atoms with Crippen LogP contribution in [0.15, 0.2) is 70.6 Å². The van der Waals surface area contributed by atoms with Crippen molar-refractivity contribution in [2.75, 3.05) is 0 Å². The predicted molar refractivity (Wildman–Crippen MR) is 125 cm³/mol. The van der Waals surface area contributed by atoms with Gasteiger partial charge in [0.15, 0.2) is 5.16 Å². The number of rotatable bonds is 9. The van der Waals surface area contributed by atoms with Crippen LogP contribution in [0.5, 0.6) is 0 Å². The fraction of sp³-hybridized carbons (Fsp3) is 0.250. The van der Waals surface area contributed by atoms with Crippen LogP contribution in [0.3, 0.4) is 0 Å². The molecule has 0 bridgehead atoms. The van der Waals surface area contributed by atoms with E-state index in [-0.39, 0.29) is 11.5 Å². The Hall–Kier alpha value is -3.19. The van der Waals surface area contributed by atoms with Gasteiger partial charge in [-0.05, 0) is 37.1 Å². The molecule has 4 aromatic rings. The molecule has 2 aromatic heterocycles. The van der Waals surface area contributed by atoms with E-state index < -0.39 is 0 Å². The quantitative estimate of drug-likeness (QED) is 0.242. The van der Waals surface area contributed by atoms with Crippen LogP contribution in [-0.2, 0) is 17.1 Å². The Morgan fingerprint density at radius 3 is 2.52 bits per heavy atom. The van der Waals surface area contributed by atoms with Gasteiger partial charge in [-0.3, -0.25) is 19.1 Å². The zero-order valence-electron chi connectivity index (χ0n) is 17.2. The van der Waals surface area contributed by atoms with E-state index in [0.29, 0.717) is 34.8 Å². The van der Waals surface area contributed by atoms with E-state index in [0.717, 1.165) is 35.9 Å². The molecule has 2 aromatic carbocycles. The second kappa shape index (κ2) is 9.75. The maximum absolute atomic E-state index is 13.1. The summed E-state index contributed by atoms with van der Waals surface area (Å²) in [6.07, 6.45) is 2.72. The summed E-state index contributed by atoms with van der Waals surface area (Å²) in [4.78, 5) is 33.6. The van der Waals surface area contributed by atoms with Crippen LogP contribution < -0.4 is 11.3 Å². The molecule has 0 atom stereocenters. The average molecular weight is 433 g/mol. The number of hydrogen-bond acceptors (Lipinski definition) is 5. The number of para-hydroxylation sites is 2. The molecule has 0 fully saturated rings. The van der Waals surface area contributed by atoms with Gasteiger partial charge in [-0.2, -0.15) is 0 Å². The van der Waals surface area contributed by atoms with E-state index in [2.05, 4.69) is 6.07 Å². The highest BCUT2D eigenvalue weighted by atomic mass is 32.2. The molecule has 158 valence electrons. The summed E-state index contributed by atoms with van der Waals surface area (Å²) in [6.45, 7) is 0.558.